The molecule has 1 aromatic carbocycles. The van der Waals surface area contributed by atoms with Gasteiger partial charge in [-0.1, -0.05) is 11.6 Å². The van der Waals surface area contributed by atoms with E-state index in [9.17, 15) is 14.7 Å². The summed E-state index contributed by atoms with van der Waals surface area (Å²) in [5.41, 5.74) is 4.52. The molecule has 8 heteroatoms. The lowest BCUT2D eigenvalue weighted by molar-refractivity contribution is 0.0724. The van der Waals surface area contributed by atoms with Crippen molar-refractivity contribution in [2.45, 2.75) is 57.7 Å². The summed E-state index contributed by atoms with van der Waals surface area (Å²) >= 11 is 6.38. The molecule has 1 saturated carbocycles. The molecular weight excluding hydrogens is 404 g/mol. The number of benzene rings is 1. The van der Waals surface area contributed by atoms with Crippen LogP contribution in [-0.4, -0.2) is 49.8 Å². The van der Waals surface area contributed by atoms with Crippen molar-refractivity contribution in [2.24, 2.45) is 0 Å². The molecule has 2 aliphatic heterocycles. The second-order valence-electron chi connectivity index (χ2n) is 8.62. The number of likely N-dealkylation sites (tertiary alicyclic amines) is 1. The van der Waals surface area contributed by atoms with E-state index in [1.54, 1.807) is 0 Å². The minimum absolute atomic E-state index is 0.0556. The number of carboxylic acid groups (broad SMARTS) is 1. The zero-order valence-electron chi connectivity index (χ0n) is 17.0. The molecular formula is C22H25ClN4O3. The van der Waals surface area contributed by atoms with Gasteiger partial charge in [0.1, 0.15) is 0 Å². The average molecular weight is 429 g/mol. The van der Waals surface area contributed by atoms with Crippen LogP contribution in [0, 0.1) is 6.92 Å². The zero-order valence-corrected chi connectivity index (χ0v) is 17.7. The number of aryl methyl sites for hydroxylation is 1. The van der Waals surface area contributed by atoms with Gasteiger partial charge in [-0.25, -0.2) is 4.79 Å². The van der Waals surface area contributed by atoms with Gasteiger partial charge in [-0.05, 0) is 67.9 Å². The number of carbonyl (C=O) groups is 2. The number of carbonyl (C=O) groups excluding carboxylic acids is 1. The van der Waals surface area contributed by atoms with E-state index >= 15 is 0 Å². The topological polar surface area (TPSA) is 78.7 Å². The Morgan fingerprint density at radius 3 is 2.73 bits per heavy atom. The molecule has 1 aromatic heterocycles. The van der Waals surface area contributed by atoms with Crippen LogP contribution in [0.5, 0.6) is 0 Å². The Morgan fingerprint density at radius 2 is 2.00 bits per heavy atom. The molecule has 1 atom stereocenters. The summed E-state index contributed by atoms with van der Waals surface area (Å²) in [6, 6.07) is 4.06. The van der Waals surface area contributed by atoms with Gasteiger partial charge in [0.25, 0.3) is 5.91 Å². The molecule has 0 unspecified atom stereocenters. The molecule has 1 N–H and O–H groups in total. The lowest BCUT2D eigenvalue weighted by atomic mass is 9.90. The summed E-state index contributed by atoms with van der Waals surface area (Å²) in [6.45, 7) is 3.53. The summed E-state index contributed by atoms with van der Waals surface area (Å²) in [7, 11) is 0. The first-order valence-corrected chi connectivity index (χ1v) is 11.0. The van der Waals surface area contributed by atoms with E-state index in [2.05, 4.69) is 5.10 Å². The van der Waals surface area contributed by atoms with Crippen molar-refractivity contribution in [3.05, 3.63) is 51.3 Å². The predicted octanol–water partition coefficient (Wildman–Crippen LogP) is 4.19. The standard InChI is InChI=1S/C22H25ClN4O3/c1-13-11-27(16-4-5-16)24-20(13)21(28)25-8-6-14-9-15(23)10-17(18(14)12-25)19-3-2-7-26(19)22(29)30/h9-11,16,19H,2-8,12H2,1H3,(H,29,30)/t19-/m0/s1. The predicted molar refractivity (Wildman–Crippen MR) is 112 cm³/mol. The van der Waals surface area contributed by atoms with Crippen LogP contribution >= 0.6 is 11.6 Å². The number of amides is 2. The number of rotatable bonds is 3. The van der Waals surface area contributed by atoms with Gasteiger partial charge >= 0.3 is 6.09 Å². The van der Waals surface area contributed by atoms with Gasteiger partial charge in [0, 0.05) is 36.4 Å². The highest BCUT2D eigenvalue weighted by atomic mass is 35.5. The Labute approximate surface area is 180 Å². The van der Waals surface area contributed by atoms with E-state index < -0.39 is 6.09 Å². The maximum absolute atomic E-state index is 13.3. The van der Waals surface area contributed by atoms with E-state index in [0.717, 1.165) is 47.9 Å². The minimum Gasteiger partial charge on any atom is -0.465 e. The minimum atomic E-state index is -0.906. The first-order valence-electron chi connectivity index (χ1n) is 10.6. The third-order valence-electron chi connectivity index (χ3n) is 6.52. The molecule has 2 aromatic rings. The third kappa shape index (κ3) is 3.35. The van der Waals surface area contributed by atoms with Crippen molar-refractivity contribution < 1.29 is 14.7 Å². The van der Waals surface area contributed by atoms with E-state index in [-0.39, 0.29) is 11.9 Å². The van der Waals surface area contributed by atoms with Crippen LogP contribution in [0.4, 0.5) is 4.79 Å². The van der Waals surface area contributed by atoms with Crippen LogP contribution < -0.4 is 0 Å². The second-order valence-corrected chi connectivity index (χ2v) is 9.05. The number of hydrogen-bond donors (Lipinski definition) is 1. The molecule has 2 fully saturated rings. The van der Waals surface area contributed by atoms with Gasteiger partial charge in [-0.2, -0.15) is 5.10 Å². The smallest absolute Gasteiger partial charge is 0.407 e. The summed E-state index contributed by atoms with van der Waals surface area (Å²) in [6.07, 6.45) is 5.62. The average Bonchev–Trinajstić information content (AvgIpc) is 3.31. The number of hydrogen-bond acceptors (Lipinski definition) is 3. The number of nitrogens with zero attached hydrogens (tertiary/aromatic N) is 4. The zero-order chi connectivity index (χ0) is 21.0. The normalized spacial score (nSPS) is 21.1. The molecule has 0 bridgehead atoms. The molecule has 30 heavy (non-hydrogen) atoms. The van der Waals surface area contributed by atoms with Crippen molar-refractivity contribution in [1.82, 2.24) is 19.6 Å². The van der Waals surface area contributed by atoms with Crippen molar-refractivity contribution in [3.8, 4) is 0 Å². The fourth-order valence-corrected chi connectivity index (χ4v) is 5.07. The molecule has 0 radical (unpaired) electrons. The Bertz CT molecular complexity index is 1030. The Kier molecular flexibility index (Phi) is 4.73. The molecule has 2 amide bonds. The Hall–Kier alpha value is -2.54. The Morgan fingerprint density at radius 1 is 1.20 bits per heavy atom. The highest BCUT2D eigenvalue weighted by Gasteiger charge is 2.35. The number of fused-ring (bicyclic) bond motifs is 1. The SMILES string of the molecule is Cc1cn(C2CC2)nc1C(=O)N1CCc2cc(Cl)cc([C@@H]3CCCN3C(=O)O)c2C1. The first kappa shape index (κ1) is 19.4. The van der Waals surface area contributed by atoms with Crippen LogP contribution in [0.3, 0.4) is 0 Å². The van der Waals surface area contributed by atoms with E-state index in [4.69, 9.17) is 11.6 Å². The van der Waals surface area contributed by atoms with E-state index in [1.165, 1.54) is 4.90 Å². The molecule has 3 heterocycles. The summed E-state index contributed by atoms with van der Waals surface area (Å²) < 4.78 is 1.93. The van der Waals surface area contributed by atoms with Crippen molar-refractivity contribution in [2.75, 3.05) is 13.1 Å². The van der Waals surface area contributed by atoms with Gasteiger partial charge in [0.15, 0.2) is 5.69 Å². The van der Waals surface area contributed by atoms with Crippen LogP contribution in [0.25, 0.3) is 0 Å². The molecule has 1 aliphatic carbocycles. The fourth-order valence-electron chi connectivity index (χ4n) is 4.82. The van der Waals surface area contributed by atoms with Gasteiger partial charge in [0.2, 0.25) is 0 Å². The van der Waals surface area contributed by atoms with Gasteiger partial charge in [-0.15, -0.1) is 0 Å². The maximum Gasteiger partial charge on any atom is 0.407 e. The highest BCUT2D eigenvalue weighted by molar-refractivity contribution is 6.30. The van der Waals surface area contributed by atoms with Gasteiger partial charge < -0.3 is 14.9 Å². The van der Waals surface area contributed by atoms with Gasteiger partial charge in [-0.3, -0.25) is 9.48 Å². The lowest BCUT2D eigenvalue weighted by Gasteiger charge is -2.33. The van der Waals surface area contributed by atoms with Crippen molar-refractivity contribution in [3.63, 3.8) is 0 Å². The van der Waals surface area contributed by atoms with Crippen molar-refractivity contribution in [1.29, 1.82) is 0 Å². The van der Waals surface area contributed by atoms with Crippen molar-refractivity contribution >= 4 is 23.6 Å². The molecule has 3 aliphatic rings. The molecule has 158 valence electrons. The summed E-state index contributed by atoms with van der Waals surface area (Å²) in [5, 5.41) is 14.8. The number of aromatic nitrogens is 2. The monoisotopic (exact) mass is 428 g/mol. The lowest BCUT2D eigenvalue weighted by Crippen LogP contribution is -2.38. The van der Waals surface area contributed by atoms with E-state index in [0.29, 0.717) is 42.8 Å². The van der Waals surface area contributed by atoms with Crippen LogP contribution in [0.2, 0.25) is 5.02 Å². The molecule has 0 spiro atoms. The summed E-state index contributed by atoms with van der Waals surface area (Å²) in [5.74, 6) is -0.0556. The molecule has 5 rings (SSSR count). The van der Waals surface area contributed by atoms with Crippen LogP contribution in [0.15, 0.2) is 18.3 Å². The second kappa shape index (κ2) is 7.30. The van der Waals surface area contributed by atoms with Gasteiger partial charge in [0.05, 0.1) is 12.1 Å². The quantitative estimate of drug-likeness (QED) is 0.794. The fraction of sp³-hybridized carbons (Fsp3) is 0.500. The number of halogens is 1. The highest BCUT2D eigenvalue weighted by Crippen LogP contribution is 2.39. The van der Waals surface area contributed by atoms with E-state index in [1.807, 2.05) is 34.8 Å². The van der Waals surface area contributed by atoms with Crippen LogP contribution in [-0.2, 0) is 13.0 Å². The summed E-state index contributed by atoms with van der Waals surface area (Å²) in [4.78, 5) is 28.3. The molecule has 7 nitrogen and oxygen atoms in total. The maximum atomic E-state index is 13.3. The van der Waals surface area contributed by atoms with Crippen LogP contribution in [0.1, 0.15) is 70.5 Å². The third-order valence-corrected chi connectivity index (χ3v) is 6.74. The molecule has 1 saturated heterocycles. The Balaban J connectivity index is 1.46. The first-order chi connectivity index (χ1) is 14.4. The largest absolute Gasteiger partial charge is 0.465 e.